The second-order valence-corrected chi connectivity index (χ2v) is 4.52. The van der Waals surface area contributed by atoms with Gasteiger partial charge in [-0.15, -0.1) is 0 Å². The first kappa shape index (κ1) is 13.3. The number of phenols is 3. The summed E-state index contributed by atoms with van der Waals surface area (Å²) in [6.45, 7) is 3.93. The molecule has 3 nitrogen and oxygen atoms in total. The number of aryl methyl sites for hydroxylation is 1. The third kappa shape index (κ3) is 2.36. The number of hydrogen-bond donors (Lipinski definition) is 3. The predicted octanol–water partition coefficient (Wildman–Crippen LogP) is 3.60. The number of benzene rings is 2. The van der Waals surface area contributed by atoms with Crippen LogP contribution in [-0.2, 0) is 12.8 Å². The van der Waals surface area contributed by atoms with E-state index in [2.05, 4.69) is 0 Å². The van der Waals surface area contributed by atoms with Crippen LogP contribution in [0.4, 0.5) is 0 Å². The van der Waals surface area contributed by atoms with Gasteiger partial charge in [0.1, 0.15) is 17.2 Å². The molecule has 2 aromatic carbocycles. The molecule has 3 heteroatoms. The standard InChI is InChI=1S/C16H18O3/c1-3-10-8-12(11(4-2)15(19)9-10)16-13(17)6-5-7-14(16)18/h5-9,17-19H,3-4H2,1-2H3. The Balaban J connectivity index is 2.77. The first-order valence-corrected chi connectivity index (χ1v) is 6.44. The maximum absolute atomic E-state index is 10.1. The van der Waals surface area contributed by atoms with Gasteiger partial charge in [0.15, 0.2) is 0 Å². The van der Waals surface area contributed by atoms with E-state index >= 15 is 0 Å². The highest BCUT2D eigenvalue weighted by Gasteiger charge is 2.16. The summed E-state index contributed by atoms with van der Waals surface area (Å²) >= 11 is 0. The Morgan fingerprint density at radius 2 is 1.47 bits per heavy atom. The molecular formula is C16H18O3. The maximum atomic E-state index is 10.1. The van der Waals surface area contributed by atoms with E-state index in [1.807, 2.05) is 19.9 Å². The fraction of sp³-hybridized carbons (Fsp3) is 0.250. The molecule has 2 aromatic rings. The number of hydrogen-bond acceptors (Lipinski definition) is 3. The Kier molecular flexibility index (Phi) is 3.65. The first-order chi connectivity index (χ1) is 9.08. The summed E-state index contributed by atoms with van der Waals surface area (Å²) in [6, 6.07) is 8.30. The van der Waals surface area contributed by atoms with Crippen molar-refractivity contribution < 1.29 is 15.3 Å². The zero-order valence-electron chi connectivity index (χ0n) is 11.1. The smallest absolute Gasteiger partial charge is 0.127 e. The van der Waals surface area contributed by atoms with Gasteiger partial charge in [-0.05, 0) is 42.2 Å². The third-order valence-corrected chi connectivity index (χ3v) is 3.34. The number of rotatable bonds is 3. The van der Waals surface area contributed by atoms with Gasteiger partial charge in [-0.2, -0.15) is 0 Å². The van der Waals surface area contributed by atoms with Crippen molar-refractivity contribution in [1.82, 2.24) is 0 Å². The summed E-state index contributed by atoms with van der Waals surface area (Å²) < 4.78 is 0. The van der Waals surface area contributed by atoms with Crippen LogP contribution < -0.4 is 0 Å². The van der Waals surface area contributed by atoms with Crippen LogP contribution in [0.25, 0.3) is 11.1 Å². The minimum atomic E-state index is 0.0161. The van der Waals surface area contributed by atoms with Gasteiger partial charge in [-0.25, -0.2) is 0 Å². The van der Waals surface area contributed by atoms with Crippen molar-refractivity contribution in [2.75, 3.05) is 0 Å². The van der Waals surface area contributed by atoms with Crippen molar-refractivity contribution in [3.05, 3.63) is 41.5 Å². The van der Waals surface area contributed by atoms with Crippen LogP contribution in [0.5, 0.6) is 17.2 Å². The molecule has 0 aromatic heterocycles. The predicted molar refractivity (Wildman–Crippen MR) is 75.6 cm³/mol. The van der Waals surface area contributed by atoms with Crippen molar-refractivity contribution in [3.8, 4) is 28.4 Å². The molecule has 0 atom stereocenters. The molecule has 0 amide bonds. The van der Waals surface area contributed by atoms with E-state index in [0.717, 1.165) is 17.5 Å². The van der Waals surface area contributed by atoms with E-state index < -0.39 is 0 Å². The molecule has 0 aliphatic carbocycles. The molecular weight excluding hydrogens is 240 g/mol. The molecule has 2 rings (SSSR count). The lowest BCUT2D eigenvalue weighted by Gasteiger charge is -2.15. The second kappa shape index (κ2) is 5.22. The summed E-state index contributed by atoms with van der Waals surface area (Å²) in [5.41, 5.74) is 2.77. The Morgan fingerprint density at radius 1 is 0.842 bits per heavy atom. The van der Waals surface area contributed by atoms with Crippen LogP contribution in [0.3, 0.4) is 0 Å². The number of aromatic hydroxyl groups is 3. The first-order valence-electron chi connectivity index (χ1n) is 6.44. The lowest BCUT2D eigenvalue weighted by Crippen LogP contribution is -1.93. The Hall–Kier alpha value is -2.16. The lowest BCUT2D eigenvalue weighted by atomic mass is 9.93. The largest absolute Gasteiger partial charge is 0.508 e. The Labute approximate surface area is 112 Å². The molecule has 0 spiro atoms. The quantitative estimate of drug-likeness (QED) is 0.788. The zero-order chi connectivity index (χ0) is 14.0. The van der Waals surface area contributed by atoms with E-state index in [9.17, 15) is 15.3 Å². The Morgan fingerprint density at radius 3 is 2.00 bits per heavy atom. The molecule has 0 saturated carbocycles. The summed E-state index contributed by atoms with van der Waals surface area (Å²) in [6.07, 6.45) is 1.40. The van der Waals surface area contributed by atoms with Gasteiger partial charge >= 0.3 is 0 Å². The van der Waals surface area contributed by atoms with Crippen molar-refractivity contribution in [3.63, 3.8) is 0 Å². The van der Waals surface area contributed by atoms with E-state index in [-0.39, 0.29) is 17.2 Å². The fourth-order valence-electron chi connectivity index (χ4n) is 2.32. The summed E-state index contributed by atoms with van der Waals surface area (Å²) in [7, 11) is 0. The van der Waals surface area contributed by atoms with E-state index in [4.69, 9.17) is 0 Å². The number of phenolic OH excluding ortho intramolecular Hbond substituents is 3. The van der Waals surface area contributed by atoms with Crippen LogP contribution in [0.1, 0.15) is 25.0 Å². The highest BCUT2D eigenvalue weighted by molar-refractivity contribution is 5.80. The average molecular weight is 258 g/mol. The molecule has 0 aliphatic heterocycles. The third-order valence-electron chi connectivity index (χ3n) is 3.34. The molecule has 3 N–H and O–H groups in total. The van der Waals surface area contributed by atoms with E-state index in [1.165, 1.54) is 12.1 Å². The van der Waals surface area contributed by atoms with Gasteiger partial charge in [0.2, 0.25) is 0 Å². The SMILES string of the molecule is CCc1cc(O)c(CC)c(-c2c(O)cccc2O)c1. The van der Waals surface area contributed by atoms with E-state index in [0.29, 0.717) is 17.5 Å². The minimum absolute atomic E-state index is 0.0161. The van der Waals surface area contributed by atoms with Gasteiger partial charge in [0.05, 0.1) is 5.56 Å². The van der Waals surface area contributed by atoms with Gasteiger partial charge in [-0.3, -0.25) is 0 Å². The van der Waals surface area contributed by atoms with Gasteiger partial charge in [0.25, 0.3) is 0 Å². The van der Waals surface area contributed by atoms with Gasteiger partial charge < -0.3 is 15.3 Å². The van der Waals surface area contributed by atoms with Gasteiger partial charge in [0, 0.05) is 5.56 Å². The molecule has 0 heterocycles. The molecule has 0 bridgehead atoms. The monoisotopic (exact) mass is 258 g/mol. The molecule has 19 heavy (non-hydrogen) atoms. The molecule has 0 aliphatic rings. The van der Waals surface area contributed by atoms with E-state index in [1.54, 1.807) is 12.1 Å². The van der Waals surface area contributed by atoms with Gasteiger partial charge in [-0.1, -0.05) is 26.0 Å². The van der Waals surface area contributed by atoms with Crippen LogP contribution in [0.2, 0.25) is 0 Å². The van der Waals surface area contributed by atoms with Crippen molar-refractivity contribution in [2.45, 2.75) is 26.7 Å². The van der Waals surface area contributed by atoms with Crippen LogP contribution >= 0.6 is 0 Å². The molecule has 0 unspecified atom stereocenters. The van der Waals surface area contributed by atoms with Crippen molar-refractivity contribution in [1.29, 1.82) is 0 Å². The minimum Gasteiger partial charge on any atom is -0.508 e. The molecule has 0 fully saturated rings. The molecule has 100 valence electrons. The highest BCUT2D eigenvalue weighted by atomic mass is 16.3. The summed E-state index contributed by atoms with van der Waals surface area (Å²) in [4.78, 5) is 0. The normalized spacial score (nSPS) is 10.6. The Bertz CT molecular complexity index is 583. The van der Waals surface area contributed by atoms with Crippen LogP contribution in [0, 0.1) is 0 Å². The molecule has 0 saturated heterocycles. The van der Waals surface area contributed by atoms with Crippen molar-refractivity contribution >= 4 is 0 Å². The summed E-state index contributed by atoms with van der Waals surface area (Å²) in [5.74, 6) is 0.240. The van der Waals surface area contributed by atoms with Crippen LogP contribution in [-0.4, -0.2) is 15.3 Å². The lowest BCUT2D eigenvalue weighted by molar-refractivity contribution is 0.453. The molecule has 0 radical (unpaired) electrons. The second-order valence-electron chi connectivity index (χ2n) is 4.52. The van der Waals surface area contributed by atoms with Crippen molar-refractivity contribution in [2.24, 2.45) is 0 Å². The fourth-order valence-corrected chi connectivity index (χ4v) is 2.32. The topological polar surface area (TPSA) is 60.7 Å². The van der Waals surface area contributed by atoms with Crippen LogP contribution in [0.15, 0.2) is 30.3 Å². The average Bonchev–Trinajstić information content (AvgIpc) is 2.38. The zero-order valence-corrected chi connectivity index (χ0v) is 11.1. The maximum Gasteiger partial charge on any atom is 0.127 e. The highest BCUT2D eigenvalue weighted by Crippen LogP contribution is 2.41. The summed E-state index contributed by atoms with van der Waals surface area (Å²) in [5, 5.41) is 30.0.